The molecule has 0 aromatic carbocycles. The lowest BCUT2D eigenvalue weighted by atomic mass is 9.96. The topological polar surface area (TPSA) is 12.5 Å². The van der Waals surface area contributed by atoms with Crippen LogP contribution < -0.4 is 0 Å². The maximum absolute atomic E-state index is 5.79. The SMILES string of the molecule is CC1=CCOC(CC2=CCN(C(C)C)CC2)C1. The summed E-state index contributed by atoms with van der Waals surface area (Å²) in [6, 6.07) is 0.670. The Morgan fingerprint density at radius 2 is 2.24 bits per heavy atom. The van der Waals surface area contributed by atoms with Crippen molar-refractivity contribution in [2.24, 2.45) is 0 Å². The molecule has 0 aliphatic carbocycles. The van der Waals surface area contributed by atoms with Crippen LogP contribution >= 0.6 is 0 Å². The molecule has 0 amide bonds. The molecular formula is C15H25NO. The Bertz CT molecular complexity index is 317. The third kappa shape index (κ3) is 3.68. The van der Waals surface area contributed by atoms with Crippen molar-refractivity contribution in [3.63, 3.8) is 0 Å². The molecule has 2 heterocycles. The lowest BCUT2D eigenvalue weighted by Gasteiger charge is -2.31. The van der Waals surface area contributed by atoms with Crippen LogP contribution in [0.3, 0.4) is 0 Å². The van der Waals surface area contributed by atoms with Crippen LogP contribution in [0.25, 0.3) is 0 Å². The monoisotopic (exact) mass is 235 g/mol. The molecule has 2 aliphatic rings. The van der Waals surface area contributed by atoms with Crippen molar-refractivity contribution in [2.75, 3.05) is 19.7 Å². The van der Waals surface area contributed by atoms with Crippen LogP contribution in [0, 0.1) is 0 Å². The van der Waals surface area contributed by atoms with E-state index in [1.54, 1.807) is 5.57 Å². The van der Waals surface area contributed by atoms with Crippen LogP contribution in [0.5, 0.6) is 0 Å². The number of hydrogen-bond donors (Lipinski definition) is 0. The Morgan fingerprint density at radius 3 is 2.82 bits per heavy atom. The Morgan fingerprint density at radius 1 is 1.41 bits per heavy atom. The van der Waals surface area contributed by atoms with Gasteiger partial charge in [-0.1, -0.05) is 23.3 Å². The van der Waals surface area contributed by atoms with Crippen molar-refractivity contribution in [1.82, 2.24) is 4.90 Å². The molecule has 0 bridgehead atoms. The summed E-state index contributed by atoms with van der Waals surface area (Å²) in [4.78, 5) is 2.52. The van der Waals surface area contributed by atoms with Crippen molar-refractivity contribution in [1.29, 1.82) is 0 Å². The lowest BCUT2D eigenvalue weighted by molar-refractivity contribution is 0.0633. The largest absolute Gasteiger partial charge is 0.373 e. The van der Waals surface area contributed by atoms with E-state index in [1.807, 2.05) is 0 Å². The Labute approximate surface area is 105 Å². The first-order valence-corrected chi connectivity index (χ1v) is 6.84. The zero-order valence-corrected chi connectivity index (χ0v) is 11.4. The van der Waals surface area contributed by atoms with Gasteiger partial charge in [0.05, 0.1) is 12.7 Å². The van der Waals surface area contributed by atoms with Crippen molar-refractivity contribution >= 4 is 0 Å². The third-order valence-corrected chi connectivity index (χ3v) is 3.87. The highest BCUT2D eigenvalue weighted by molar-refractivity contribution is 5.12. The number of rotatable bonds is 3. The molecule has 0 saturated heterocycles. The molecule has 0 spiro atoms. The molecule has 0 aromatic rings. The lowest BCUT2D eigenvalue weighted by Crippen LogP contribution is -2.35. The molecule has 2 aliphatic heterocycles. The molecule has 0 N–H and O–H groups in total. The first-order chi connectivity index (χ1) is 8.15. The molecule has 0 saturated carbocycles. The smallest absolute Gasteiger partial charge is 0.0654 e. The van der Waals surface area contributed by atoms with Gasteiger partial charge in [-0.25, -0.2) is 0 Å². The van der Waals surface area contributed by atoms with E-state index < -0.39 is 0 Å². The van der Waals surface area contributed by atoms with Crippen LogP contribution in [0.2, 0.25) is 0 Å². The fourth-order valence-electron chi connectivity index (χ4n) is 2.63. The average Bonchev–Trinajstić information content (AvgIpc) is 2.29. The highest BCUT2D eigenvalue weighted by atomic mass is 16.5. The summed E-state index contributed by atoms with van der Waals surface area (Å²) >= 11 is 0. The zero-order valence-electron chi connectivity index (χ0n) is 11.4. The minimum Gasteiger partial charge on any atom is -0.373 e. The third-order valence-electron chi connectivity index (χ3n) is 3.87. The van der Waals surface area contributed by atoms with Crippen molar-refractivity contribution < 1.29 is 4.74 Å². The quantitative estimate of drug-likeness (QED) is 0.697. The maximum Gasteiger partial charge on any atom is 0.0654 e. The molecule has 1 atom stereocenters. The highest BCUT2D eigenvalue weighted by Gasteiger charge is 2.19. The molecule has 2 nitrogen and oxygen atoms in total. The van der Waals surface area contributed by atoms with Gasteiger partial charge in [-0.15, -0.1) is 0 Å². The fourth-order valence-corrected chi connectivity index (χ4v) is 2.63. The van der Waals surface area contributed by atoms with Crippen LogP contribution in [0.4, 0.5) is 0 Å². The highest BCUT2D eigenvalue weighted by Crippen LogP contribution is 2.24. The van der Waals surface area contributed by atoms with Crippen molar-refractivity contribution in [2.45, 2.75) is 52.2 Å². The predicted octanol–water partition coefficient (Wildman–Crippen LogP) is 3.15. The molecule has 0 aromatic heterocycles. The summed E-state index contributed by atoms with van der Waals surface area (Å²) in [5.74, 6) is 0. The van der Waals surface area contributed by atoms with Gasteiger partial charge in [-0.3, -0.25) is 4.90 Å². The standard InChI is InChI=1S/C15H25NO/c1-12(2)16-7-4-14(5-8-16)11-15-10-13(3)6-9-17-15/h4,6,12,15H,5,7-11H2,1-3H3. The second-order valence-electron chi connectivity index (χ2n) is 5.62. The van der Waals surface area contributed by atoms with Gasteiger partial charge in [-0.2, -0.15) is 0 Å². The van der Waals surface area contributed by atoms with Gasteiger partial charge < -0.3 is 4.74 Å². The molecule has 2 rings (SSSR count). The molecular weight excluding hydrogens is 210 g/mol. The normalized spacial score (nSPS) is 26.9. The molecule has 0 radical (unpaired) electrons. The summed E-state index contributed by atoms with van der Waals surface area (Å²) in [6.45, 7) is 9.90. The van der Waals surface area contributed by atoms with E-state index in [4.69, 9.17) is 4.74 Å². The van der Waals surface area contributed by atoms with E-state index in [-0.39, 0.29) is 0 Å². The summed E-state index contributed by atoms with van der Waals surface area (Å²) in [5.41, 5.74) is 3.09. The summed E-state index contributed by atoms with van der Waals surface area (Å²) in [6.07, 6.45) is 8.52. The van der Waals surface area contributed by atoms with Crippen molar-refractivity contribution in [3.8, 4) is 0 Å². The second-order valence-corrected chi connectivity index (χ2v) is 5.62. The van der Waals surface area contributed by atoms with Gasteiger partial charge in [0, 0.05) is 19.1 Å². The Balaban J connectivity index is 1.83. The van der Waals surface area contributed by atoms with E-state index in [0.29, 0.717) is 12.1 Å². The first-order valence-electron chi connectivity index (χ1n) is 6.84. The molecule has 2 heteroatoms. The molecule has 17 heavy (non-hydrogen) atoms. The molecule has 1 unspecified atom stereocenters. The van der Waals surface area contributed by atoms with Crippen LogP contribution in [-0.4, -0.2) is 36.7 Å². The minimum atomic E-state index is 0.428. The second kappa shape index (κ2) is 5.83. The van der Waals surface area contributed by atoms with E-state index in [1.165, 1.54) is 18.5 Å². The predicted molar refractivity (Wildman–Crippen MR) is 72.1 cm³/mol. The van der Waals surface area contributed by atoms with Crippen LogP contribution in [0.1, 0.15) is 40.0 Å². The minimum absolute atomic E-state index is 0.428. The van der Waals surface area contributed by atoms with Gasteiger partial charge in [0.1, 0.15) is 0 Å². The van der Waals surface area contributed by atoms with Crippen molar-refractivity contribution in [3.05, 3.63) is 23.3 Å². The van der Waals surface area contributed by atoms with Gasteiger partial charge in [0.2, 0.25) is 0 Å². The summed E-state index contributed by atoms with van der Waals surface area (Å²) < 4.78 is 5.79. The van der Waals surface area contributed by atoms with E-state index in [0.717, 1.165) is 26.0 Å². The average molecular weight is 235 g/mol. The molecule has 96 valence electrons. The van der Waals surface area contributed by atoms with Gasteiger partial charge in [-0.05, 0) is 40.0 Å². The number of hydrogen-bond acceptors (Lipinski definition) is 2. The van der Waals surface area contributed by atoms with Gasteiger partial charge in [0.25, 0.3) is 0 Å². The van der Waals surface area contributed by atoms with Gasteiger partial charge in [0.15, 0.2) is 0 Å². The first kappa shape index (κ1) is 12.8. The van der Waals surface area contributed by atoms with E-state index in [2.05, 4.69) is 37.8 Å². The number of nitrogens with zero attached hydrogens (tertiary/aromatic N) is 1. The number of ether oxygens (including phenoxy) is 1. The zero-order chi connectivity index (χ0) is 12.3. The van der Waals surface area contributed by atoms with Crippen LogP contribution in [0.15, 0.2) is 23.3 Å². The van der Waals surface area contributed by atoms with Gasteiger partial charge >= 0.3 is 0 Å². The maximum atomic E-state index is 5.79. The molecule has 0 fully saturated rings. The summed E-state index contributed by atoms with van der Waals surface area (Å²) in [7, 11) is 0. The van der Waals surface area contributed by atoms with E-state index >= 15 is 0 Å². The summed E-state index contributed by atoms with van der Waals surface area (Å²) in [5, 5.41) is 0. The van der Waals surface area contributed by atoms with E-state index in [9.17, 15) is 0 Å². The van der Waals surface area contributed by atoms with Crippen LogP contribution in [-0.2, 0) is 4.74 Å². The Kier molecular flexibility index (Phi) is 4.41. The Hall–Kier alpha value is -0.600. The fraction of sp³-hybridized carbons (Fsp3) is 0.733.